The van der Waals surface area contributed by atoms with E-state index < -0.39 is 42.1 Å². The summed E-state index contributed by atoms with van der Waals surface area (Å²) < 4.78 is 85.5. The normalized spacial score (nSPS) is 24.5. The molecule has 1 unspecified atom stereocenters. The molecule has 3 saturated carbocycles. The lowest BCUT2D eigenvalue weighted by molar-refractivity contribution is -0.286. The maximum Gasteiger partial charge on any atom is 0.586 e. The molecule has 3 aliphatic carbocycles. The first-order valence-electron chi connectivity index (χ1n) is 15.7. The van der Waals surface area contributed by atoms with E-state index >= 15 is 0 Å². The molecule has 2 aromatic rings. The van der Waals surface area contributed by atoms with Gasteiger partial charge in [-0.3, -0.25) is 14.6 Å². The summed E-state index contributed by atoms with van der Waals surface area (Å²) in [5.74, 6) is -0.737. The molecule has 1 aromatic heterocycles. The van der Waals surface area contributed by atoms with Gasteiger partial charge in [-0.25, -0.2) is 0 Å². The van der Waals surface area contributed by atoms with E-state index in [9.17, 15) is 31.5 Å². The standard InChI is InChI=1S/C32H38F5N3O6/c33-31(34,35)27-15-24(12-13-38-27)43-19-28(41)39-22-9-7-5-3-1-2-4-6-8-21-16-30(17-21,18-22)40-29(42)20-44-23-10-11-25-26(14-23)46-32(36,37)45-25/h10-15,21-22H,1-9,16-20H2,(H,39,41)(H,40,42). The molecule has 2 N–H and O–H groups in total. The Balaban J connectivity index is 1.20. The van der Waals surface area contributed by atoms with Crippen LogP contribution >= 0.6 is 0 Å². The molecule has 2 bridgehead atoms. The number of alkyl halides is 5. The molecule has 9 nitrogen and oxygen atoms in total. The van der Waals surface area contributed by atoms with Crippen molar-refractivity contribution in [1.82, 2.24) is 15.6 Å². The Bertz CT molecular complexity index is 1370. The third kappa shape index (κ3) is 9.35. The van der Waals surface area contributed by atoms with Crippen molar-refractivity contribution < 1.29 is 50.5 Å². The van der Waals surface area contributed by atoms with Crippen molar-refractivity contribution in [2.75, 3.05) is 13.2 Å². The van der Waals surface area contributed by atoms with Crippen molar-refractivity contribution in [2.24, 2.45) is 5.92 Å². The average Bonchev–Trinajstić information content (AvgIpc) is 3.29. The number of aromatic nitrogens is 1. The highest BCUT2D eigenvalue weighted by Gasteiger charge is 2.46. The first-order valence-corrected chi connectivity index (χ1v) is 15.7. The van der Waals surface area contributed by atoms with Gasteiger partial charge in [0.2, 0.25) is 0 Å². The Morgan fingerprint density at radius 2 is 1.46 bits per heavy atom. The maximum absolute atomic E-state index is 13.4. The third-order valence-corrected chi connectivity index (χ3v) is 8.57. The van der Waals surface area contributed by atoms with Gasteiger partial charge in [0.25, 0.3) is 11.8 Å². The summed E-state index contributed by atoms with van der Waals surface area (Å²) in [7, 11) is 0. The summed E-state index contributed by atoms with van der Waals surface area (Å²) >= 11 is 0. The van der Waals surface area contributed by atoms with Gasteiger partial charge in [0, 0.05) is 29.9 Å². The van der Waals surface area contributed by atoms with Gasteiger partial charge in [-0.15, -0.1) is 8.78 Å². The number of hydrogen-bond acceptors (Lipinski definition) is 7. The van der Waals surface area contributed by atoms with Crippen LogP contribution in [0.3, 0.4) is 0 Å². The van der Waals surface area contributed by atoms with Crippen LogP contribution in [0.15, 0.2) is 36.5 Å². The molecule has 3 fully saturated rings. The molecule has 2 amide bonds. The van der Waals surface area contributed by atoms with Crippen LogP contribution in [0.4, 0.5) is 22.0 Å². The molecular formula is C32H38F5N3O6. The Hall–Kier alpha value is -3.84. The summed E-state index contributed by atoms with van der Waals surface area (Å²) in [4.78, 5) is 29.3. The first kappa shape index (κ1) is 33.5. The zero-order valence-electron chi connectivity index (χ0n) is 25.3. The molecule has 2 heterocycles. The number of fused-ring (bicyclic) bond motifs is 11. The number of amides is 2. The van der Waals surface area contributed by atoms with Crippen LogP contribution in [-0.4, -0.2) is 47.9 Å². The quantitative estimate of drug-likeness (QED) is 0.311. The van der Waals surface area contributed by atoms with Crippen molar-refractivity contribution in [3.63, 3.8) is 0 Å². The molecule has 6 rings (SSSR count). The van der Waals surface area contributed by atoms with Gasteiger partial charge in [-0.05, 0) is 49.8 Å². The predicted octanol–water partition coefficient (Wildman–Crippen LogP) is 6.54. The molecule has 1 atom stereocenters. The molecular weight excluding hydrogens is 617 g/mol. The van der Waals surface area contributed by atoms with Gasteiger partial charge < -0.3 is 29.6 Å². The average molecular weight is 656 g/mol. The van der Waals surface area contributed by atoms with Crippen LogP contribution in [0.25, 0.3) is 0 Å². The van der Waals surface area contributed by atoms with E-state index in [4.69, 9.17) is 9.47 Å². The van der Waals surface area contributed by atoms with Crippen molar-refractivity contribution in [3.8, 4) is 23.0 Å². The van der Waals surface area contributed by atoms with Gasteiger partial charge in [0.15, 0.2) is 24.7 Å². The topological polar surface area (TPSA) is 108 Å². The van der Waals surface area contributed by atoms with Crippen LogP contribution in [0.5, 0.6) is 23.0 Å². The van der Waals surface area contributed by atoms with Gasteiger partial charge in [0.1, 0.15) is 17.2 Å². The second kappa shape index (κ2) is 14.3. The Morgan fingerprint density at radius 1 is 0.826 bits per heavy atom. The highest BCUT2D eigenvalue weighted by molar-refractivity contribution is 5.79. The number of nitrogens with one attached hydrogen (secondary N) is 2. The molecule has 0 saturated heterocycles. The molecule has 1 aliphatic heterocycles. The maximum atomic E-state index is 13.4. The molecule has 4 aliphatic rings. The predicted molar refractivity (Wildman–Crippen MR) is 155 cm³/mol. The number of halogens is 5. The van der Waals surface area contributed by atoms with Gasteiger partial charge >= 0.3 is 12.5 Å². The van der Waals surface area contributed by atoms with E-state index in [1.54, 1.807) is 0 Å². The second-order valence-electron chi connectivity index (χ2n) is 12.4. The number of hydrogen-bond donors (Lipinski definition) is 2. The summed E-state index contributed by atoms with van der Waals surface area (Å²) in [6.07, 6.45) is 3.79. The van der Waals surface area contributed by atoms with Crippen LogP contribution in [0.2, 0.25) is 0 Å². The Morgan fingerprint density at radius 3 is 2.17 bits per heavy atom. The van der Waals surface area contributed by atoms with Crippen molar-refractivity contribution in [1.29, 1.82) is 0 Å². The van der Waals surface area contributed by atoms with E-state index in [1.807, 2.05) is 0 Å². The fourth-order valence-corrected chi connectivity index (χ4v) is 6.55. The molecule has 14 heteroatoms. The monoisotopic (exact) mass is 655 g/mol. The summed E-state index contributed by atoms with van der Waals surface area (Å²) in [5.41, 5.74) is -1.70. The number of rotatable bonds is 8. The Labute approximate surface area is 263 Å². The zero-order chi connectivity index (χ0) is 32.8. The zero-order valence-corrected chi connectivity index (χ0v) is 25.3. The smallest absolute Gasteiger partial charge is 0.484 e. The number of benzene rings is 1. The number of carbonyl (C=O) groups excluding carboxylic acids is 2. The summed E-state index contributed by atoms with van der Waals surface area (Å²) in [6, 6.07) is 5.60. The number of nitrogens with zero attached hydrogens (tertiary/aromatic N) is 1. The highest BCUT2D eigenvalue weighted by Crippen LogP contribution is 2.45. The molecule has 0 spiro atoms. The van der Waals surface area contributed by atoms with E-state index in [-0.39, 0.29) is 35.6 Å². The van der Waals surface area contributed by atoms with Crippen molar-refractivity contribution >= 4 is 11.8 Å². The van der Waals surface area contributed by atoms with Gasteiger partial charge in [-0.2, -0.15) is 13.2 Å². The number of pyridine rings is 1. The molecule has 1 aromatic carbocycles. The number of ether oxygens (including phenoxy) is 4. The fourth-order valence-electron chi connectivity index (χ4n) is 6.55. The fraction of sp³-hybridized carbons (Fsp3) is 0.594. The first-order chi connectivity index (χ1) is 21.9. The van der Waals surface area contributed by atoms with Gasteiger partial charge in [-0.1, -0.05) is 51.4 Å². The van der Waals surface area contributed by atoms with Crippen molar-refractivity contribution in [2.45, 2.75) is 101 Å². The molecule has 46 heavy (non-hydrogen) atoms. The SMILES string of the molecule is O=C(COc1ccnc(C(F)(F)F)c1)NC1CCCCCCCCCC2CC(NC(=O)COc3ccc4c(c3)OC(F)(F)O4)(C2)C1. The second-order valence-corrected chi connectivity index (χ2v) is 12.4. The van der Waals surface area contributed by atoms with E-state index in [1.165, 1.54) is 37.1 Å². The van der Waals surface area contributed by atoms with E-state index in [0.717, 1.165) is 63.6 Å². The third-order valence-electron chi connectivity index (χ3n) is 8.57. The minimum atomic E-state index is -4.64. The van der Waals surface area contributed by atoms with E-state index in [2.05, 4.69) is 25.1 Å². The molecule has 252 valence electrons. The van der Waals surface area contributed by atoms with Crippen molar-refractivity contribution in [3.05, 3.63) is 42.2 Å². The van der Waals surface area contributed by atoms with Crippen LogP contribution in [0.1, 0.15) is 82.7 Å². The lowest BCUT2D eigenvalue weighted by Crippen LogP contribution is -2.61. The van der Waals surface area contributed by atoms with Gasteiger partial charge in [0.05, 0.1) is 0 Å². The van der Waals surface area contributed by atoms with Crippen LogP contribution in [0, 0.1) is 5.92 Å². The van der Waals surface area contributed by atoms with Crippen LogP contribution in [-0.2, 0) is 15.8 Å². The minimum absolute atomic E-state index is 0.120. The molecule has 0 radical (unpaired) electrons. The highest BCUT2D eigenvalue weighted by atomic mass is 19.4. The largest absolute Gasteiger partial charge is 0.586 e. The van der Waals surface area contributed by atoms with Crippen LogP contribution < -0.4 is 29.6 Å². The lowest BCUT2D eigenvalue weighted by atomic mass is 9.63. The summed E-state index contributed by atoms with van der Waals surface area (Å²) in [5, 5.41) is 6.11. The summed E-state index contributed by atoms with van der Waals surface area (Å²) in [6.45, 7) is -0.839. The Kier molecular flexibility index (Phi) is 10.4. The lowest BCUT2D eigenvalue weighted by Gasteiger charge is -2.50. The van der Waals surface area contributed by atoms with E-state index in [0.29, 0.717) is 18.8 Å². The number of carbonyl (C=O) groups is 2. The minimum Gasteiger partial charge on any atom is -0.484 e.